The van der Waals surface area contributed by atoms with Crippen molar-refractivity contribution in [3.05, 3.63) is 66.9 Å². The summed E-state index contributed by atoms with van der Waals surface area (Å²) in [7, 11) is 0. The zero-order valence-electron chi connectivity index (χ0n) is 15.9. The number of halogens is 1. The van der Waals surface area contributed by atoms with Gasteiger partial charge in [0.15, 0.2) is 0 Å². The maximum atomic E-state index is 13.3. The van der Waals surface area contributed by atoms with E-state index in [-0.39, 0.29) is 6.54 Å². The molecule has 0 unspecified atom stereocenters. The molecule has 9 heteroatoms. The predicted octanol–water partition coefficient (Wildman–Crippen LogP) is 2.35. The van der Waals surface area contributed by atoms with Crippen molar-refractivity contribution < 1.29 is 19.0 Å². The topological polar surface area (TPSA) is 90.5 Å². The Labute approximate surface area is 168 Å². The summed E-state index contributed by atoms with van der Waals surface area (Å²) in [5.41, 5.74) is -0.300. The minimum atomic E-state index is -1.27. The molecule has 3 heterocycles. The van der Waals surface area contributed by atoms with Gasteiger partial charge in [-0.3, -0.25) is 14.2 Å². The van der Waals surface area contributed by atoms with Gasteiger partial charge in [-0.1, -0.05) is 12.1 Å². The minimum absolute atomic E-state index is 0.0964. The fourth-order valence-corrected chi connectivity index (χ4v) is 4.80. The highest BCUT2D eigenvalue weighted by molar-refractivity contribution is 7.18. The fraction of sp³-hybridized carbons (Fsp3) is 0.350. The number of benzene rings is 1. The lowest BCUT2D eigenvalue weighted by Gasteiger charge is -2.29. The van der Waals surface area contributed by atoms with Crippen molar-refractivity contribution >= 4 is 27.5 Å². The summed E-state index contributed by atoms with van der Waals surface area (Å²) in [4.78, 5) is 38.7. The number of nitrogens with zero attached hydrogens (tertiary/aromatic N) is 2. The van der Waals surface area contributed by atoms with E-state index in [9.17, 15) is 23.9 Å². The van der Waals surface area contributed by atoms with Gasteiger partial charge in [0.05, 0.1) is 24.1 Å². The van der Waals surface area contributed by atoms with Crippen LogP contribution in [0.25, 0.3) is 10.2 Å². The van der Waals surface area contributed by atoms with Gasteiger partial charge in [-0.05, 0) is 37.1 Å². The van der Waals surface area contributed by atoms with Crippen LogP contribution in [-0.4, -0.2) is 25.8 Å². The molecule has 0 bridgehead atoms. The zero-order chi connectivity index (χ0) is 20.9. The molecular formula is C20H19FN2O5S. The van der Waals surface area contributed by atoms with Crippen molar-refractivity contribution in [3.8, 4) is 0 Å². The molecule has 0 radical (unpaired) electrons. The molecule has 3 aromatic rings. The lowest BCUT2D eigenvalue weighted by Crippen LogP contribution is -2.42. The van der Waals surface area contributed by atoms with E-state index in [2.05, 4.69) is 0 Å². The van der Waals surface area contributed by atoms with Crippen LogP contribution in [0.3, 0.4) is 0 Å². The summed E-state index contributed by atoms with van der Waals surface area (Å²) >= 11 is 1.31. The Kier molecular flexibility index (Phi) is 4.66. The molecule has 4 rings (SSSR count). The van der Waals surface area contributed by atoms with Crippen molar-refractivity contribution in [2.45, 2.75) is 45.6 Å². The summed E-state index contributed by atoms with van der Waals surface area (Å²) in [6.07, 6.45) is 0.486. The number of ether oxygens (including phenoxy) is 1. The first-order valence-electron chi connectivity index (χ1n) is 9.04. The van der Waals surface area contributed by atoms with E-state index in [1.165, 1.54) is 28.0 Å². The van der Waals surface area contributed by atoms with Gasteiger partial charge in [0, 0.05) is 11.3 Å². The second kappa shape index (κ2) is 6.93. The van der Waals surface area contributed by atoms with E-state index in [0.717, 1.165) is 15.0 Å². The van der Waals surface area contributed by atoms with Gasteiger partial charge in [-0.2, -0.15) is 0 Å². The lowest BCUT2D eigenvalue weighted by molar-refractivity contribution is -0.137. The molecule has 1 aromatic carbocycles. The molecule has 0 spiro atoms. The highest BCUT2D eigenvalue weighted by Gasteiger charge is 2.32. The summed E-state index contributed by atoms with van der Waals surface area (Å²) in [6.45, 7) is 3.54. The Hall–Kier alpha value is -2.78. The number of fused-ring (bicyclic) bond motifs is 3. The van der Waals surface area contributed by atoms with E-state index in [1.54, 1.807) is 12.1 Å². The van der Waals surface area contributed by atoms with Gasteiger partial charge in [0.2, 0.25) is 0 Å². The highest BCUT2D eigenvalue weighted by Crippen LogP contribution is 2.37. The number of rotatable bonds is 4. The SMILES string of the molecule is CC1(C)Cc2c(sc3c2c(=O)n(CC(=O)O)c(=O)n3Cc2ccc(F)cc2)CO1. The Bertz CT molecular complexity index is 1240. The third-order valence-corrected chi connectivity index (χ3v) is 6.21. The zero-order valence-corrected chi connectivity index (χ0v) is 16.7. The molecule has 0 fully saturated rings. The number of carboxylic acids is 1. The molecule has 1 aliphatic rings. The summed E-state index contributed by atoms with van der Waals surface area (Å²) < 4.78 is 21.2. The number of aromatic nitrogens is 2. The number of hydrogen-bond donors (Lipinski definition) is 1. The first-order chi connectivity index (χ1) is 13.7. The van der Waals surface area contributed by atoms with Crippen LogP contribution in [0.4, 0.5) is 4.39 Å². The lowest BCUT2D eigenvalue weighted by atomic mass is 9.94. The van der Waals surface area contributed by atoms with Crippen molar-refractivity contribution in [2.24, 2.45) is 0 Å². The molecule has 29 heavy (non-hydrogen) atoms. The third-order valence-electron chi connectivity index (χ3n) is 4.98. The van der Waals surface area contributed by atoms with Crippen LogP contribution < -0.4 is 11.2 Å². The van der Waals surface area contributed by atoms with Gasteiger partial charge < -0.3 is 9.84 Å². The van der Waals surface area contributed by atoms with Crippen molar-refractivity contribution in [1.82, 2.24) is 9.13 Å². The Morgan fingerprint density at radius 3 is 2.59 bits per heavy atom. The van der Waals surface area contributed by atoms with Crippen LogP contribution in [0, 0.1) is 5.82 Å². The Morgan fingerprint density at radius 2 is 1.93 bits per heavy atom. The Balaban J connectivity index is 1.99. The van der Waals surface area contributed by atoms with E-state index in [1.807, 2.05) is 13.8 Å². The third kappa shape index (κ3) is 3.51. The first kappa shape index (κ1) is 19.5. The van der Waals surface area contributed by atoms with Gasteiger partial charge in [0.1, 0.15) is 17.2 Å². The number of aliphatic carboxylic acids is 1. The molecule has 7 nitrogen and oxygen atoms in total. The average Bonchev–Trinajstić information content (AvgIpc) is 3.01. The highest BCUT2D eigenvalue weighted by atomic mass is 32.1. The van der Waals surface area contributed by atoms with Crippen LogP contribution in [0.15, 0.2) is 33.9 Å². The second-order valence-corrected chi connectivity index (χ2v) is 8.77. The van der Waals surface area contributed by atoms with Gasteiger partial charge >= 0.3 is 11.7 Å². The number of thiophene rings is 1. The fourth-order valence-electron chi connectivity index (χ4n) is 3.59. The van der Waals surface area contributed by atoms with Gasteiger partial charge in [-0.25, -0.2) is 13.8 Å². The summed E-state index contributed by atoms with van der Waals surface area (Å²) in [6, 6.07) is 5.70. The largest absolute Gasteiger partial charge is 0.480 e. The molecule has 0 saturated heterocycles. The maximum absolute atomic E-state index is 13.3. The molecular weight excluding hydrogens is 399 g/mol. The molecule has 1 aliphatic heterocycles. The maximum Gasteiger partial charge on any atom is 0.332 e. The Morgan fingerprint density at radius 1 is 1.24 bits per heavy atom. The number of carbonyl (C=O) groups is 1. The minimum Gasteiger partial charge on any atom is -0.480 e. The first-order valence-corrected chi connectivity index (χ1v) is 9.86. The van der Waals surface area contributed by atoms with Crippen LogP contribution in [-0.2, 0) is 35.6 Å². The normalized spacial score (nSPS) is 15.4. The molecule has 0 amide bonds. The van der Waals surface area contributed by atoms with Crippen molar-refractivity contribution in [2.75, 3.05) is 0 Å². The van der Waals surface area contributed by atoms with Crippen LogP contribution in [0.2, 0.25) is 0 Å². The molecule has 152 valence electrons. The van der Waals surface area contributed by atoms with Crippen LogP contribution >= 0.6 is 11.3 Å². The number of carboxylic acid groups (broad SMARTS) is 1. The summed E-state index contributed by atoms with van der Waals surface area (Å²) in [5.74, 6) is -1.67. The van der Waals surface area contributed by atoms with E-state index < -0.39 is 35.2 Å². The predicted molar refractivity (Wildman–Crippen MR) is 106 cm³/mol. The quantitative estimate of drug-likeness (QED) is 0.702. The van der Waals surface area contributed by atoms with Crippen LogP contribution in [0.1, 0.15) is 29.9 Å². The molecule has 0 aliphatic carbocycles. The van der Waals surface area contributed by atoms with Gasteiger partial charge in [0.25, 0.3) is 5.56 Å². The standard InChI is InChI=1S/C20H19FN2O5S/c1-20(2)7-13-14(10-28-20)29-18-16(13)17(26)22(9-15(24)25)19(27)23(18)8-11-3-5-12(21)6-4-11/h3-6H,7-10H2,1-2H3,(H,24,25). The molecule has 0 saturated carbocycles. The smallest absolute Gasteiger partial charge is 0.332 e. The monoisotopic (exact) mass is 418 g/mol. The van der Waals surface area contributed by atoms with Gasteiger partial charge in [-0.15, -0.1) is 11.3 Å². The van der Waals surface area contributed by atoms with E-state index in [4.69, 9.17) is 4.74 Å². The molecule has 2 aromatic heterocycles. The van der Waals surface area contributed by atoms with E-state index in [0.29, 0.717) is 28.8 Å². The number of hydrogen-bond acceptors (Lipinski definition) is 5. The van der Waals surface area contributed by atoms with Crippen molar-refractivity contribution in [1.29, 1.82) is 0 Å². The van der Waals surface area contributed by atoms with E-state index >= 15 is 0 Å². The average molecular weight is 418 g/mol. The molecule has 0 atom stereocenters. The van der Waals surface area contributed by atoms with Crippen LogP contribution in [0.5, 0.6) is 0 Å². The molecule has 1 N–H and O–H groups in total. The second-order valence-electron chi connectivity index (χ2n) is 7.69. The van der Waals surface area contributed by atoms with Crippen molar-refractivity contribution in [3.63, 3.8) is 0 Å². The summed E-state index contributed by atoms with van der Waals surface area (Å²) in [5, 5.41) is 9.57.